The van der Waals surface area contributed by atoms with E-state index in [1.807, 2.05) is 35.1 Å². The Kier molecular flexibility index (Phi) is 8.76. The predicted molar refractivity (Wildman–Crippen MR) is 132 cm³/mol. The van der Waals surface area contributed by atoms with Gasteiger partial charge in [0, 0.05) is 25.4 Å². The molecule has 0 saturated heterocycles. The summed E-state index contributed by atoms with van der Waals surface area (Å²) in [6.07, 6.45) is 1.69. The second-order valence-corrected chi connectivity index (χ2v) is 9.06. The van der Waals surface area contributed by atoms with Crippen LogP contribution in [0.5, 0.6) is 5.75 Å². The minimum atomic E-state index is -4.19. The van der Waals surface area contributed by atoms with Gasteiger partial charge in [-0.25, -0.2) is 9.52 Å². The van der Waals surface area contributed by atoms with Crippen molar-refractivity contribution in [2.24, 2.45) is 0 Å². The Hall–Kier alpha value is -3.96. The zero-order chi connectivity index (χ0) is 25.3. The molecule has 0 radical (unpaired) electrons. The van der Waals surface area contributed by atoms with E-state index in [-0.39, 0.29) is 13.0 Å². The molecule has 0 aliphatic heterocycles. The molecule has 10 nitrogen and oxygen atoms in total. The van der Waals surface area contributed by atoms with Crippen LogP contribution in [0.4, 0.5) is 10.5 Å². The first kappa shape index (κ1) is 25.7. The molecule has 3 rings (SSSR count). The van der Waals surface area contributed by atoms with E-state index in [4.69, 9.17) is 4.74 Å². The highest BCUT2D eigenvalue weighted by atomic mass is 32.2. The fourth-order valence-electron chi connectivity index (χ4n) is 3.23. The number of amides is 3. The topological polar surface area (TPSA) is 130 Å². The van der Waals surface area contributed by atoms with Crippen LogP contribution in [-0.4, -0.2) is 45.5 Å². The normalized spacial score (nSPS) is 11.8. The van der Waals surface area contributed by atoms with E-state index in [9.17, 15) is 18.0 Å². The lowest BCUT2D eigenvalue weighted by Crippen LogP contribution is -2.54. The van der Waals surface area contributed by atoms with Crippen LogP contribution >= 0.6 is 0 Å². The number of likely N-dealkylation sites (N-methyl/N-ethyl adjacent to an activating group) is 1. The van der Waals surface area contributed by atoms with Gasteiger partial charge in [-0.15, -0.1) is 0 Å². The number of pyridine rings is 1. The summed E-state index contributed by atoms with van der Waals surface area (Å²) >= 11 is 0. The van der Waals surface area contributed by atoms with Crippen LogP contribution in [-0.2, 0) is 28.0 Å². The second-order valence-electron chi connectivity index (χ2n) is 7.56. The molecule has 0 fully saturated rings. The molecular formula is C24H27N5O5S. The Balaban J connectivity index is 1.70. The maximum Gasteiger partial charge on any atom is 0.330 e. The number of methoxy groups -OCH3 is 1. The number of nitrogens with zero attached hydrogens (tertiary/aromatic N) is 2. The Morgan fingerprint density at radius 2 is 1.69 bits per heavy atom. The molecule has 1 aromatic heterocycles. The van der Waals surface area contributed by atoms with Crippen molar-refractivity contribution in [2.75, 3.05) is 19.1 Å². The van der Waals surface area contributed by atoms with Crippen molar-refractivity contribution in [1.82, 2.24) is 19.7 Å². The summed E-state index contributed by atoms with van der Waals surface area (Å²) in [6.45, 7) is -0.101. The van der Waals surface area contributed by atoms with Gasteiger partial charge in [-0.2, -0.15) is 13.1 Å². The van der Waals surface area contributed by atoms with E-state index in [0.29, 0.717) is 17.1 Å². The minimum Gasteiger partial charge on any atom is -0.497 e. The molecule has 2 aromatic carbocycles. The van der Waals surface area contributed by atoms with E-state index in [2.05, 4.69) is 15.0 Å². The smallest absolute Gasteiger partial charge is 0.330 e. The number of hydrogen-bond donors (Lipinski definition) is 3. The van der Waals surface area contributed by atoms with Crippen molar-refractivity contribution in [1.29, 1.82) is 0 Å². The summed E-state index contributed by atoms with van der Waals surface area (Å²) in [6, 6.07) is 19.0. The first-order valence-corrected chi connectivity index (χ1v) is 12.2. The Morgan fingerprint density at radius 3 is 2.31 bits per heavy atom. The van der Waals surface area contributed by atoms with E-state index in [0.717, 1.165) is 5.56 Å². The van der Waals surface area contributed by atoms with Crippen molar-refractivity contribution in [2.45, 2.75) is 19.0 Å². The average molecular weight is 498 g/mol. The van der Waals surface area contributed by atoms with Crippen molar-refractivity contribution < 1.29 is 22.7 Å². The number of ether oxygens (including phenoxy) is 1. The average Bonchev–Trinajstić information content (AvgIpc) is 2.87. The highest BCUT2D eigenvalue weighted by Crippen LogP contribution is 2.19. The summed E-state index contributed by atoms with van der Waals surface area (Å²) in [5, 5.41) is 2.49. The van der Waals surface area contributed by atoms with Crippen LogP contribution < -0.4 is 24.4 Å². The zero-order valence-corrected chi connectivity index (χ0v) is 20.2. The number of anilines is 1. The number of aromatic nitrogens is 1. The fourth-order valence-corrected chi connectivity index (χ4v) is 3.95. The van der Waals surface area contributed by atoms with Gasteiger partial charge in [-0.3, -0.25) is 9.78 Å². The molecule has 0 aliphatic carbocycles. The molecule has 1 heterocycles. The van der Waals surface area contributed by atoms with Crippen LogP contribution in [0, 0.1) is 0 Å². The molecule has 35 heavy (non-hydrogen) atoms. The molecule has 3 amide bonds. The summed E-state index contributed by atoms with van der Waals surface area (Å²) in [5.41, 5.74) is 1.86. The fraction of sp³-hybridized carbons (Fsp3) is 0.208. The van der Waals surface area contributed by atoms with Gasteiger partial charge < -0.3 is 15.0 Å². The van der Waals surface area contributed by atoms with E-state index >= 15 is 0 Å². The lowest BCUT2D eigenvalue weighted by Gasteiger charge is -2.25. The number of benzene rings is 2. The highest BCUT2D eigenvalue weighted by Gasteiger charge is 2.27. The Bertz CT molecular complexity index is 1220. The van der Waals surface area contributed by atoms with Gasteiger partial charge in [0.1, 0.15) is 11.8 Å². The molecule has 1 atom stereocenters. The van der Waals surface area contributed by atoms with Crippen LogP contribution in [0.2, 0.25) is 0 Å². The number of carbonyl (C=O) groups is 2. The standard InChI is InChI=1S/C24H27N5O5S/c1-29(20-11-13-21(34-2)14-12-20)23(30)22(16-18-8-4-3-5-9-18)27-24(31)28-35(32,33)26-17-19-10-6-7-15-25-19/h3-15,22,26H,16-17H2,1-2H3,(H2,27,28,31)/t22-/m0/s1. The SMILES string of the molecule is COc1ccc(N(C)C(=O)[C@H](Cc2ccccc2)NC(=O)NS(=O)(=O)NCc2ccccn2)cc1. The van der Waals surface area contributed by atoms with Crippen molar-refractivity contribution >= 4 is 27.8 Å². The third kappa shape index (κ3) is 7.80. The minimum absolute atomic E-state index is 0.101. The maximum atomic E-state index is 13.3. The van der Waals surface area contributed by atoms with Crippen LogP contribution in [0.1, 0.15) is 11.3 Å². The zero-order valence-electron chi connectivity index (χ0n) is 19.3. The predicted octanol–water partition coefficient (Wildman–Crippen LogP) is 2.00. The van der Waals surface area contributed by atoms with Crippen LogP contribution in [0.3, 0.4) is 0 Å². The van der Waals surface area contributed by atoms with Gasteiger partial charge in [0.25, 0.3) is 0 Å². The highest BCUT2D eigenvalue weighted by molar-refractivity contribution is 7.88. The lowest BCUT2D eigenvalue weighted by atomic mass is 10.0. The van der Waals surface area contributed by atoms with Gasteiger partial charge in [-0.05, 0) is 42.0 Å². The van der Waals surface area contributed by atoms with Crippen molar-refractivity contribution in [3.63, 3.8) is 0 Å². The third-order valence-electron chi connectivity index (χ3n) is 5.07. The van der Waals surface area contributed by atoms with Gasteiger partial charge >= 0.3 is 16.2 Å². The number of rotatable bonds is 10. The Labute approximate surface area is 204 Å². The molecule has 0 aliphatic rings. The third-order valence-corrected chi connectivity index (χ3v) is 6.05. The number of nitrogens with one attached hydrogen (secondary N) is 3. The quantitative estimate of drug-likeness (QED) is 0.393. The second kappa shape index (κ2) is 12.0. The van der Waals surface area contributed by atoms with E-state index < -0.39 is 28.2 Å². The first-order chi connectivity index (χ1) is 16.8. The lowest BCUT2D eigenvalue weighted by molar-refractivity contribution is -0.120. The molecule has 3 aromatic rings. The number of urea groups is 1. The molecule has 184 valence electrons. The van der Waals surface area contributed by atoms with E-state index in [1.165, 1.54) is 11.1 Å². The maximum absolute atomic E-state index is 13.3. The number of carbonyl (C=O) groups excluding carboxylic acids is 2. The van der Waals surface area contributed by atoms with Gasteiger partial charge in [0.05, 0.1) is 19.3 Å². The summed E-state index contributed by atoms with van der Waals surface area (Å²) in [4.78, 5) is 31.3. The Morgan fingerprint density at radius 1 is 1.00 bits per heavy atom. The van der Waals surface area contributed by atoms with Crippen molar-refractivity contribution in [3.05, 3.63) is 90.3 Å². The summed E-state index contributed by atoms with van der Waals surface area (Å²) < 4.78 is 33.9. The molecule has 0 spiro atoms. The van der Waals surface area contributed by atoms with Gasteiger partial charge in [0.2, 0.25) is 5.91 Å². The van der Waals surface area contributed by atoms with Crippen LogP contribution in [0.25, 0.3) is 0 Å². The van der Waals surface area contributed by atoms with Crippen molar-refractivity contribution in [3.8, 4) is 5.75 Å². The van der Waals surface area contributed by atoms with E-state index in [1.54, 1.807) is 56.6 Å². The molecule has 0 bridgehead atoms. The molecule has 3 N–H and O–H groups in total. The van der Waals surface area contributed by atoms with Gasteiger partial charge in [-0.1, -0.05) is 36.4 Å². The monoisotopic (exact) mass is 497 g/mol. The summed E-state index contributed by atoms with van der Waals surface area (Å²) in [5.74, 6) is 0.212. The molecule has 0 unspecified atom stereocenters. The molecule has 0 saturated carbocycles. The number of hydrogen-bond acceptors (Lipinski definition) is 6. The van der Waals surface area contributed by atoms with Crippen LogP contribution in [0.15, 0.2) is 79.0 Å². The first-order valence-electron chi connectivity index (χ1n) is 10.7. The summed E-state index contributed by atoms with van der Waals surface area (Å²) in [7, 11) is -1.07. The molecular weight excluding hydrogens is 470 g/mol. The molecule has 11 heteroatoms. The van der Waals surface area contributed by atoms with Gasteiger partial charge in [0.15, 0.2) is 0 Å². The largest absolute Gasteiger partial charge is 0.497 e.